The van der Waals surface area contributed by atoms with Gasteiger partial charge in [0.15, 0.2) is 5.13 Å². The number of nitrogens with two attached hydrogens (primary N) is 1. The van der Waals surface area contributed by atoms with Gasteiger partial charge in [0.05, 0.1) is 17.3 Å². The number of nitrogens with zero attached hydrogens (tertiary/aromatic N) is 2. The summed E-state index contributed by atoms with van der Waals surface area (Å²) < 4.78 is 0. The smallest absolute Gasteiger partial charge is 0.182 e. The lowest BCUT2D eigenvalue weighted by Gasteiger charge is -2.11. The van der Waals surface area contributed by atoms with Gasteiger partial charge in [-0.05, 0) is 42.9 Å². The van der Waals surface area contributed by atoms with E-state index in [9.17, 15) is 0 Å². The molecule has 1 unspecified atom stereocenters. The highest BCUT2D eigenvalue weighted by atomic mass is 32.1. The van der Waals surface area contributed by atoms with Gasteiger partial charge in [0, 0.05) is 6.54 Å². The molecule has 0 spiro atoms. The van der Waals surface area contributed by atoms with Crippen molar-refractivity contribution in [3.8, 4) is 6.07 Å². The maximum Gasteiger partial charge on any atom is 0.182 e. The Kier molecular flexibility index (Phi) is 4.40. The standard InChI is InChI=1S/C17H18N4S/c18-10-13-6-4-12(5-7-13)2-1-3-14-8-9-15-16(20-11-14)22-17(19)21-15/h1-2,4-7,14,20H,3,8-9,11H2,(H2,19,21). The summed E-state index contributed by atoms with van der Waals surface area (Å²) in [6.45, 7) is 0.965. The zero-order valence-corrected chi connectivity index (χ0v) is 13.1. The molecule has 1 aliphatic heterocycles. The Labute approximate surface area is 134 Å². The van der Waals surface area contributed by atoms with Gasteiger partial charge in [-0.15, -0.1) is 0 Å². The first-order valence-corrected chi connectivity index (χ1v) is 8.22. The number of hydrogen-bond donors (Lipinski definition) is 2. The van der Waals surface area contributed by atoms with Gasteiger partial charge in [-0.2, -0.15) is 5.26 Å². The van der Waals surface area contributed by atoms with Crippen molar-refractivity contribution in [3.05, 3.63) is 47.2 Å². The van der Waals surface area contributed by atoms with E-state index in [2.05, 4.69) is 28.5 Å². The summed E-state index contributed by atoms with van der Waals surface area (Å²) in [7, 11) is 0. The lowest BCUT2D eigenvalue weighted by molar-refractivity contribution is 0.525. The zero-order valence-electron chi connectivity index (χ0n) is 12.2. The van der Waals surface area contributed by atoms with Gasteiger partial charge in [0.2, 0.25) is 0 Å². The monoisotopic (exact) mass is 310 g/mol. The zero-order chi connectivity index (χ0) is 15.4. The third-order valence-corrected chi connectivity index (χ3v) is 4.76. The van der Waals surface area contributed by atoms with Crippen LogP contribution >= 0.6 is 11.3 Å². The Morgan fingerprint density at radius 2 is 2.23 bits per heavy atom. The average Bonchev–Trinajstić information content (AvgIpc) is 2.80. The minimum Gasteiger partial charge on any atom is -0.375 e. The quantitative estimate of drug-likeness (QED) is 0.907. The highest BCUT2D eigenvalue weighted by molar-refractivity contribution is 7.19. The molecular formula is C17H18N4S. The summed E-state index contributed by atoms with van der Waals surface area (Å²) in [4.78, 5) is 4.38. The minimum absolute atomic E-state index is 0.609. The predicted molar refractivity (Wildman–Crippen MR) is 91.6 cm³/mol. The molecule has 0 saturated heterocycles. The average molecular weight is 310 g/mol. The second-order valence-corrected chi connectivity index (χ2v) is 6.52. The number of hydrogen-bond acceptors (Lipinski definition) is 5. The van der Waals surface area contributed by atoms with Crippen LogP contribution in [-0.2, 0) is 6.42 Å². The molecule has 0 amide bonds. The summed E-state index contributed by atoms with van der Waals surface area (Å²) in [6.07, 6.45) is 7.50. The summed E-state index contributed by atoms with van der Waals surface area (Å²) >= 11 is 1.54. The van der Waals surface area contributed by atoms with Crippen molar-refractivity contribution in [2.45, 2.75) is 19.3 Å². The Bertz CT molecular complexity index is 684. The topological polar surface area (TPSA) is 74.7 Å². The SMILES string of the molecule is N#Cc1ccc(C=CCC2CCc3nc(N)sc3NC2)cc1. The van der Waals surface area contributed by atoms with Crippen LogP contribution in [-0.4, -0.2) is 11.5 Å². The largest absolute Gasteiger partial charge is 0.375 e. The van der Waals surface area contributed by atoms with Gasteiger partial charge < -0.3 is 11.1 Å². The Morgan fingerprint density at radius 3 is 3.00 bits per heavy atom. The maximum absolute atomic E-state index is 8.79. The van der Waals surface area contributed by atoms with Crippen LogP contribution in [0.5, 0.6) is 0 Å². The second kappa shape index (κ2) is 6.63. The number of anilines is 2. The first-order valence-electron chi connectivity index (χ1n) is 7.40. The summed E-state index contributed by atoms with van der Waals surface area (Å²) in [6, 6.07) is 9.78. The normalized spacial score (nSPS) is 17.5. The van der Waals surface area contributed by atoms with Crippen LogP contribution in [0.2, 0.25) is 0 Å². The fourth-order valence-electron chi connectivity index (χ4n) is 2.62. The van der Waals surface area contributed by atoms with E-state index < -0.39 is 0 Å². The fourth-order valence-corrected chi connectivity index (χ4v) is 3.41. The maximum atomic E-state index is 8.79. The Hall–Kier alpha value is -2.32. The molecule has 3 rings (SSSR count). The summed E-state index contributed by atoms with van der Waals surface area (Å²) in [5.41, 5.74) is 8.69. The molecule has 2 aromatic rings. The number of aromatic nitrogens is 1. The third-order valence-electron chi connectivity index (χ3n) is 3.87. The summed E-state index contributed by atoms with van der Waals surface area (Å²) in [5.74, 6) is 0.609. The van der Waals surface area contributed by atoms with Crippen LogP contribution in [0.3, 0.4) is 0 Å². The Morgan fingerprint density at radius 1 is 1.41 bits per heavy atom. The van der Waals surface area contributed by atoms with Gasteiger partial charge in [0.1, 0.15) is 5.00 Å². The van der Waals surface area contributed by atoms with E-state index in [1.165, 1.54) is 0 Å². The second-order valence-electron chi connectivity index (χ2n) is 5.49. The van der Waals surface area contributed by atoms with Crippen LogP contribution in [0, 0.1) is 17.2 Å². The van der Waals surface area contributed by atoms with E-state index in [1.807, 2.05) is 24.3 Å². The van der Waals surface area contributed by atoms with Crippen molar-refractivity contribution in [2.24, 2.45) is 5.92 Å². The number of nitriles is 1. The summed E-state index contributed by atoms with van der Waals surface area (Å²) in [5, 5.41) is 14.0. The van der Waals surface area contributed by atoms with Crippen molar-refractivity contribution < 1.29 is 0 Å². The van der Waals surface area contributed by atoms with Crippen LogP contribution < -0.4 is 11.1 Å². The number of benzene rings is 1. The molecule has 1 aliphatic rings. The minimum atomic E-state index is 0.609. The molecule has 4 nitrogen and oxygen atoms in total. The van der Waals surface area contributed by atoms with Crippen molar-refractivity contribution in [2.75, 3.05) is 17.6 Å². The van der Waals surface area contributed by atoms with Gasteiger partial charge in [0.25, 0.3) is 0 Å². The molecule has 1 aromatic heterocycles. The molecule has 112 valence electrons. The lowest BCUT2D eigenvalue weighted by Crippen LogP contribution is -2.11. The number of allylic oxidation sites excluding steroid dienone is 1. The fraction of sp³-hybridized carbons (Fsp3) is 0.294. The van der Waals surface area contributed by atoms with Gasteiger partial charge in [-0.1, -0.05) is 35.6 Å². The van der Waals surface area contributed by atoms with E-state index in [-0.39, 0.29) is 0 Å². The molecule has 0 radical (unpaired) electrons. The Balaban J connectivity index is 1.54. The molecule has 22 heavy (non-hydrogen) atoms. The van der Waals surface area contributed by atoms with Gasteiger partial charge in [-0.25, -0.2) is 4.98 Å². The van der Waals surface area contributed by atoms with Crippen LogP contribution in [0.15, 0.2) is 30.3 Å². The number of fused-ring (bicyclic) bond motifs is 1. The van der Waals surface area contributed by atoms with Crippen molar-refractivity contribution in [3.63, 3.8) is 0 Å². The third kappa shape index (κ3) is 3.46. The number of thiazole rings is 1. The predicted octanol–water partition coefficient (Wildman–Crippen LogP) is 3.67. The van der Waals surface area contributed by atoms with E-state index in [1.54, 1.807) is 11.3 Å². The van der Waals surface area contributed by atoms with Crippen molar-refractivity contribution >= 4 is 27.5 Å². The number of nitrogens with one attached hydrogen (secondary N) is 1. The lowest BCUT2D eigenvalue weighted by atomic mass is 9.99. The molecule has 0 saturated carbocycles. The molecule has 1 aromatic carbocycles. The number of nitrogen functional groups attached to an aromatic ring is 1. The molecule has 1 atom stereocenters. The van der Waals surface area contributed by atoms with Crippen LogP contribution in [0.4, 0.5) is 10.1 Å². The molecule has 5 heteroatoms. The van der Waals surface area contributed by atoms with E-state index in [0.29, 0.717) is 16.6 Å². The van der Waals surface area contributed by atoms with Gasteiger partial charge in [-0.3, -0.25) is 0 Å². The highest BCUT2D eigenvalue weighted by Crippen LogP contribution is 2.31. The molecule has 0 aliphatic carbocycles. The first-order chi connectivity index (χ1) is 10.7. The molecule has 0 bridgehead atoms. The highest BCUT2D eigenvalue weighted by Gasteiger charge is 2.17. The van der Waals surface area contributed by atoms with E-state index >= 15 is 0 Å². The first kappa shape index (κ1) is 14.6. The molecular weight excluding hydrogens is 292 g/mol. The molecule has 3 N–H and O–H groups in total. The number of rotatable bonds is 3. The molecule has 2 heterocycles. The van der Waals surface area contributed by atoms with Crippen LogP contribution in [0.25, 0.3) is 6.08 Å². The molecule has 0 fully saturated rings. The van der Waals surface area contributed by atoms with E-state index in [4.69, 9.17) is 11.0 Å². The van der Waals surface area contributed by atoms with E-state index in [0.717, 1.165) is 42.1 Å². The van der Waals surface area contributed by atoms with Crippen LogP contribution in [0.1, 0.15) is 29.7 Å². The van der Waals surface area contributed by atoms with Gasteiger partial charge >= 0.3 is 0 Å². The van der Waals surface area contributed by atoms with Crippen molar-refractivity contribution in [1.82, 2.24) is 4.98 Å². The number of aryl methyl sites for hydroxylation is 1. The van der Waals surface area contributed by atoms with Crippen molar-refractivity contribution in [1.29, 1.82) is 5.26 Å².